The smallest absolute Gasteiger partial charge is 0.328 e. The number of carboxylic acids is 1. The quantitative estimate of drug-likeness (QED) is 0.445. The van der Waals surface area contributed by atoms with E-state index in [-0.39, 0.29) is 17.7 Å². The Kier molecular flexibility index (Phi) is 7.42. The SMILES string of the molecule is O=C(O)/C=C1/CN(Cc2ccccc2F)CCC1SSCCO. The molecule has 0 bridgehead atoms. The minimum atomic E-state index is -0.953. The van der Waals surface area contributed by atoms with Crippen LogP contribution in [-0.2, 0) is 11.3 Å². The van der Waals surface area contributed by atoms with Crippen LogP contribution in [0, 0.1) is 5.82 Å². The maximum atomic E-state index is 13.8. The summed E-state index contributed by atoms with van der Waals surface area (Å²) in [4.78, 5) is 13.1. The van der Waals surface area contributed by atoms with Crippen LogP contribution >= 0.6 is 21.6 Å². The highest BCUT2D eigenvalue weighted by molar-refractivity contribution is 8.77. The molecule has 1 aromatic rings. The van der Waals surface area contributed by atoms with Gasteiger partial charge in [-0.25, -0.2) is 9.18 Å². The molecule has 0 saturated carbocycles. The number of carboxylic acid groups (broad SMARTS) is 1. The van der Waals surface area contributed by atoms with Crippen molar-refractivity contribution in [2.45, 2.75) is 18.2 Å². The summed E-state index contributed by atoms with van der Waals surface area (Å²) in [6, 6.07) is 6.67. The van der Waals surface area contributed by atoms with Crippen LogP contribution in [0.2, 0.25) is 0 Å². The maximum absolute atomic E-state index is 13.8. The molecule has 23 heavy (non-hydrogen) atoms. The van der Waals surface area contributed by atoms with Crippen LogP contribution in [0.5, 0.6) is 0 Å². The average Bonchev–Trinajstić information content (AvgIpc) is 2.51. The largest absolute Gasteiger partial charge is 0.478 e. The molecule has 1 atom stereocenters. The third-order valence-electron chi connectivity index (χ3n) is 3.55. The first-order chi connectivity index (χ1) is 11.1. The third-order valence-corrected chi connectivity index (χ3v) is 6.41. The van der Waals surface area contributed by atoms with Crippen LogP contribution in [0.1, 0.15) is 12.0 Å². The van der Waals surface area contributed by atoms with Crippen LogP contribution in [0.4, 0.5) is 4.39 Å². The number of carbonyl (C=O) groups is 1. The summed E-state index contributed by atoms with van der Waals surface area (Å²) in [5.41, 5.74) is 1.47. The lowest BCUT2D eigenvalue weighted by Gasteiger charge is -2.33. The molecule has 1 saturated heterocycles. The van der Waals surface area contributed by atoms with E-state index in [1.807, 2.05) is 0 Å². The van der Waals surface area contributed by atoms with Crippen LogP contribution < -0.4 is 0 Å². The normalized spacial score (nSPS) is 20.8. The lowest BCUT2D eigenvalue weighted by Crippen LogP contribution is -2.36. The first kappa shape index (κ1) is 18.3. The van der Waals surface area contributed by atoms with E-state index in [1.54, 1.807) is 39.8 Å². The second-order valence-electron chi connectivity index (χ2n) is 5.28. The molecule has 2 rings (SSSR count). The van der Waals surface area contributed by atoms with Crippen molar-refractivity contribution in [2.75, 3.05) is 25.4 Å². The van der Waals surface area contributed by atoms with Gasteiger partial charge in [0.2, 0.25) is 0 Å². The number of hydrogen-bond acceptors (Lipinski definition) is 5. The average molecular weight is 357 g/mol. The van der Waals surface area contributed by atoms with Crippen molar-refractivity contribution in [3.63, 3.8) is 0 Å². The summed E-state index contributed by atoms with van der Waals surface area (Å²) in [5.74, 6) is -0.558. The Morgan fingerprint density at radius 3 is 2.91 bits per heavy atom. The van der Waals surface area contributed by atoms with Gasteiger partial charge in [0.25, 0.3) is 0 Å². The summed E-state index contributed by atoms with van der Waals surface area (Å²) in [7, 11) is 3.16. The van der Waals surface area contributed by atoms with Gasteiger partial charge in [-0.15, -0.1) is 0 Å². The van der Waals surface area contributed by atoms with E-state index < -0.39 is 5.97 Å². The topological polar surface area (TPSA) is 60.8 Å². The van der Waals surface area contributed by atoms with E-state index in [0.717, 1.165) is 18.5 Å². The number of benzene rings is 1. The molecular weight excluding hydrogens is 337 g/mol. The highest BCUT2D eigenvalue weighted by Gasteiger charge is 2.25. The zero-order chi connectivity index (χ0) is 16.7. The van der Waals surface area contributed by atoms with Gasteiger partial charge in [0.05, 0.1) is 6.61 Å². The fraction of sp³-hybridized carbons (Fsp3) is 0.438. The Morgan fingerprint density at radius 1 is 1.43 bits per heavy atom. The number of hydrogen-bond donors (Lipinski definition) is 2. The van der Waals surface area contributed by atoms with Crippen molar-refractivity contribution in [3.05, 3.63) is 47.3 Å². The molecule has 4 nitrogen and oxygen atoms in total. The molecule has 0 radical (unpaired) electrons. The van der Waals surface area contributed by atoms with Gasteiger partial charge in [0.1, 0.15) is 5.82 Å². The van der Waals surface area contributed by atoms with Gasteiger partial charge in [0.15, 0.2) is 0 Å². The summed E-state index contributed by atoms with van der Waals surface area (Å²) in [5, 5.41) is 18.0. The number of halogens is 1. The van der Waals surface area contributed by atoms with Crippen LogP contribution in [0.15, 0.2) is 35.9 Å². The Morgan fingerprint density at radius 2 is 2.22 bits per heavy atom. The number of rotatable bonds is 7. The molecule has 0 aromatic heterocycles. The highest BCUT2D eigenvalue weighted by Crippen LogP contribution is 2.36. The standard InChI is InChI=1S/C16H20FNO3S2/c17-14-4-2-1-3-12(14)10-18-6-5-15(23-22-8-7-19)13(11-18)9-16(20)21/h1-4,9,15,19H,5-8,10-11H2,(H,20,21)/b13-9-. The minimum Gasteiger partial charge on any atom is -0.478 e. The fourth-order valence-electron chi connectivity index (χ4n) is 2.50. The predicted molar refractivity (Wildman–Crippen MR) is 92.9 cm³/mol. The Labute approximate surface area is 143 Å². The van der Waals surface area contributed by atoms with Crippen molar-refractivity contribution >= 4 is 27.6 Å². The molecule has 0 spiro atoms. The van der Waals surface area contributed by atoms with Gasteiger partial charge in [-0.1, -0.05) is 39.8 Å². The summed E-state index contributed by atoms with van der Waals surface area (Å²) in [6.45, 7) is 1.91. The fourth-order valence-corrected chi connectivity index (χ4v) is 4.97. The van der Waals surface area contributed by atoms with Gasteiger partial charge < -0.3 is 10.2 Å². The number of nitrogens with zero attached hydrogens (tertiary/aromatic N) is 1. The second kappa shape index (κ2) is 9.32. The number of aliphatic hydroxyl groups excluding tert-OH is 1. The van der Waals surface area contributed by atoms with Gasteiger partial charge >= 0.3 is 5.97 Å². The first-order valence-electron chi connectivity index (χ1n) is 7.38. The number of aliphatic hydroxyl groups is 1. The number of likely N-dealkylation sites (tertiary alicyclic amines) is 1. The lowest BCUT2D eigenvalue weighted by molar-refractivity contribution is -0.131. The van der Waals surface area contributed by atoms with Crippen molar-refractivity contribution in [1.29, 1.82) is 0 Å². The Hall–Kier alpha value is -1.02. The minimum absolute atomic E-state index is 0.113. The molecule has 126 valence electrons. The number of piperidine rings is 1. The molecule has 1 unspecified atom stereocenters. The lowest BCUT2D eigenvalue weighted by atomic mass is 10.0. The third kappa shape index (κ3) is 5.84. The number of aliphatic carboxylic acids is 1. The molecule has 1 heterocycles. The van der Waals surface area contributed by atoms with E-state index in [4.69, 9.17) is 10.2 Å². The molecule has 1 aliphatic heterocycles. The predicted octanol–water partition coefficient (Wildman–Crippen LogP) is 2.78. The molecule has 1 aromatic carbocycles. The van der Waals surface area contributed by atoms with E-state index >= 15 is 0 Å². The summed E-state index contributed by atoms with van der Waals surface area (Å²) < 4.78 is 13.8. The Bertz CT molecular complexity index is 568. The van der Waals surface area contributed by atoms with E-state index in [9.17, 15) is 9.18 Å². The van der Waals surface area contributed by atoms with Crippen molar-refractivity contribution in [2.24, 2.45) is 0 Å². The maximum Gasteiger partial charge on any atom is 0.328 e. The van der Waals surface area contributed by atoms with E-state index in [0.29, 0.717) is 24.4 Å². The summed E-state index contributed by atoms with van der Waals surface area (Å²) >= 11 is 0. The van der Waals surface area contributed by atoms with Crippen LogP contribution in [0.25, 0.3) is 0 Å². The molecule has 1 aliphatic rings. The second-order valence-corrected chi connectivity index (χ2v) is 7.97. The summed E-state index contributed by atoms with van der Waals surface area (Å²) in [6.07, 6.45) is 2.08. The zero-order valence-corrected chi connectivity index (χ0v) is 14.3. The molecule has 2 N–H and O–H groups in total. The monoisotopic (exact) mass is 357 g/mol. The van der Waals surface area contributed by atoms with Gasteiger partial charge in [-0.05, 0) is 18.1 Å². The molecule has 0 aliphatic carbocycles. The van der Waals surface area contributed by atoms with Crippen LogP contribution in [0.3, 0.4) is 0 Å². The van der Waals surface area contributed by atoms with E-state index in [1.165, 1.54) is 12.1 Å². The first-order valence-corrected chi connectivity index (χ1v) is 9.76. The zero-order valence-electron chi connectivity index (χ0n) is 12.7. The molecule has 1 fully saturated rings. The van der Waals surface area contributed by atoms with Crippen molar-refractivity contribution in [3.8, 4) is 0 Å². The van der Waals surface area contributed by atoms with Gasteiger partial charge in [-0.3, -0.25) is 4.90 Å². The molecular formula is C16H20FNO3S2. The molecule has 0 amide bonds. The van der Waals surface area contributed by atoms with Gasteiger partial charge in [0, 0.05) is 42.3 Å². The van der Waals surface area contributed by atoms with E-state index in [2.05, 4.69) is 4.90 Å². The van der Waals surface area contributed by atoms with Gasteiger partial charge in [-0.2, -0.15) is 0 Å². The van der Waals surface area contributed by atoms with Crippen molar-refractivity contribution in [1.82, 2.24) is 4.90 Å². The van der Waals surface area contributed by atoms with Crippen LogP contribution in [-0.4, -0.2) is 51.8 Å². The highest BCUT2D eigenvalue weighted by atomic mass is 33.1. The van der Waals surface area contributed by atoms with Crippen molar-refractivity contribution < 1.29 is 19.4 Å². The Balaban J connectivity index is 2.01. The molecule has 7 heteroatoms.